The van der Waals surface area contributed by atoms with Crippen LogP contribution in [0, 0.1) is 0 Å². The van der Waals surface area contributed by atoms with Crippen molar-refractivity contribution >= 4 is 29.2 Å². The van der Waals surface area contributed by atoms with Crippen molar-refractivity contribution in [3.63, 3.8) is 0 Å². The number of rotatable bonds is 6. The van der Waals surface area contributed by atoms with Crippen molar-refractivity contribution in [2.45, 2.75) is 19.4 Å². The Morgan fingerprint density at radius 3 is 2.79 bits per heavy atom. The third kappa shape index (κ3) is 5.68. The number of nitrogens with one attached hydrogen (secondary N) is 2. The maximum atomic E-state index is 11.6. The molecule has 2 N–H and O–H groups in total. The van der Waals surface area contributed by atoms with Crippen LogP contribution in [0.3, 0.4) is 0 Å². The van der Waals surface area contributed by atoms with Crippen LogP contribution in [0.4, 0.5) is 4.79 Å². The highest BCUT2D eigenvalue weighted by Crippen LogP contribution is 2.25. The maximum Gasteiger partial charge on any atom is 0.315 e. The molecule has 4 nitrogen and oxygen atoms in total. The average Bonchev–Trinajstić information content (AvgIpc) is 2.34. The highest BCUT2D eigenvalue weighted by Gasteiger charge is 2.12. The van der Waals surface area contributed by atoms with Crippen molar-refractivity contribution < 1.29 is 9.53 Å². The van der Waals surface area contributed by atoms with Gasteiger partial charge in [-0.05, 0) is 31.0 Å². The zero-order valence-corrected chi connectivity index (χ0v) is 12.5. The second-order valence-electron chi connectivity index (χ2n) is 4.13. The highest BCUT2D eigenvalue weighted by molar-refractivity contribution is 6.35. The standard InChI is InChI=1S/C13H18Cl2N2O2/c1-9(11-5-4-10(14)8-12(11)15)17-13(18)16-6-3-7-19-2/h4-5,8-9H,3,6-7H2,1-2H3,(H2,16,17,18)/t9-/m1/s1. The molecule has 0 aromatic heterocycles. The van der Waals surface area contributed by atoms with Crippen molar-refractivity contribution in [1.29, 1.82) is 0 Å². The van der Waals surface area contributed by atoms with E-state index in [1.807, 2.05) is 6.92 Å². The van der Waals surface area contributed by atoms with Gasteiger partial charge in [0.15, 0.2) is 0 Å². The van der Waals surface area contributed by atoms with Gasteiger partial charge < -0.3 is 15.4 Å². The number of halogens is 2. The molecule has 6 heteroatoms. The zero-order chi connectivity index (χ0) is 14.3. The summed E-state index contributed by atoms with van der Waals surface area (Å²) in [6.45, 7) is 3.06. The Labute approximate surface area is 123 Å². The predicted molar refractivity (Wildman–Crippen MR) is 77.9 cm³/mol. The molecule has 0 unspecified atom stereocenters. The van der Waals surface area contributed by atoms with Crippen LogP contribution in [0.15, 0.2) is 18.2 Å². The predicted octanol–water partition coefficient (Wildman–Crippen LogP) is 3.39. The molecule has 0 aliphatic heterocycles. The summed E-state index contributed by atoms with van der Waals surface area (Å²) in [7, 11) is 1.63. The molecule has 0 bridgehead atoms. The monoisotopic (exact) mass is 304 g/mol. The normalized spacial score (nSPS) is 12.0. The lowest BCUT2D eigenvalue weighted by Crippen LogP contribution is -2.37. The van der Waals surface area contributed by atoms with E-state index in [1.54, 1.807) is 25.3 Å². The van der Waals surface area contributed by atoms with Crippen LogP contribution < -0.4 is 10.6 Å². The molecule has 0 spiro atoms. The molecular formula is C13H18Cl2N2O2. The van der Waals surface area contributed by atoms with Crippen molar-refractivity contribution in [2.24, 2.45) is 0 Å². The molecule has 0 fully saturated rings. The Morgan fingerprint density at radius 1 is 1.42 bits per heavy atom. The third-order valence-corrected chi connectivity index (χ3v) is 3.15. The number of benzene rings is 1. The van der Waals surface area contributed by atoms with Gasteiger partial charge in [0.05, 0.1) is 6.04 Å². The molecule has 1 atom stereocenters. The van der Waals surface area contributed by atoms with Gasteiger partial charge in [0.2, 0.25) is 0 Å². The van der Waals surface area contributed by atoms with Crippen LogP contribution in [-0.4, -0.2) is 26.3 Å². The second kappa shape index (κ2) is 8.25. The van der Waals surface area contributed by atoms with Crippen LogP contribution in [0.2, 0.25) is 10.0 Å². The van der Waals surface area contributed by atoms with Gasteiger partial charge in [0, 0.05) is 30.3 Å². The van der Waals surface area contributed by atoms with E-state index in [2.05, 4.69) is 10.6 Å². The number of hydrogen-bond acceptors (Lipinski definition) is 2. The van der Waals surface area contributed by atoms with E-state index in [-0.39, 0.29) is 12.1 Å². The molecule has 1 aromatic rings. The molecule has 1 rings (SSSR count). The zero-order valence-electron chi connectivity index (χ0n) is 11.0. The van der Waals surface area contributed by atoms with E-state index in [9.17, 15) is 4.79 Å². The first kappa shape index (κ1) is 16.1. The number of ether oxygens (including phenoxy) is 1. The average molecular weight is 305 g/mol. The van der Waals surface area contributed by atoms with Crippen LogP contribution >= 0.6 is 23.2 Å². The summed E-state index contributed by atoms with van der Waals surface area (Å²) >= 11 is 11.9. The van der Waals surface area contributed by atoms with Gasteiger partial charge in [-0.3, -0.25) is 0 Å². The van der Waals surface area contributed by atoms with Crippen LogP contribution in [-0.2, 0) is 4.74 Å². The summed E-state index contributed by atoms with van der Waals surface area (Å²) in [5.41, 5.74) is 0.832. The first-order chi connectivity index (χ1) is 9.04. The molecule has 19 heavy (non-hydrogen) atoms. The van der Waals surface area contributed by atoms with Crippen LogP contribution in [0.25, 0.3) is 0 Å². The molecule has 0 aliphatic carbocycles. The molecule has 0 saturated heterocycles. The minimum absolute atomic E-state index is 0.188. The van der Waals surface area contributed by atoms with E-state index in [0.717, 1.165) is 12.0 Å². The van der Waals surface area contributed by atoms with Crippen molar-refractivity contribution in [1.82, 2.24) is 10.6 Å². The van der Waals surface area contributed by atoms with Crippen molar-refractivity contribution in [3.8, 4) is 0 Å². The van der Waals surface area contributed by atoms with Crippen molar-refractivity contribution in [3.05, 3.63) is 33.8 Å². The smallest absolute Gasteiger partial charge is 0.315 e. The lowest BCUT2D eigenvalue weighted by Gasteiger charge is -2.16. The van der Waals surface area contributed by atoms with E-state index in [4.69, 9.17) is 27.9 Å². The Bertz CT molecular complexity index is 427. The van der Waals surface area contributed by atoms with Gasteiger partial charge in [-0.15, -0.1) is 0 Å². The Balaban J connectivity index is 2.45. The van der Waals surface area contributed by atoms with Gasteiger partial charge in [0.1, 0.15) is 0 Å². The molecule has 0 aliphatic rings. The Morgan fingerprint density at radius 2 is 2.16 bits per heavy atom. The minimum Gasteiger partial charge on any atom is -0.385 e. The van der Waals surface area contributed by atoms with Crippen molar-refractivity contribution in [2.75, 3.05) is 20.3 Å². The number of methoxy groups -OCH3 is 1. The molecule has 2 amide bonds. The first-order valence-electron chi connectivity index (χ1n) is 6.03. The quantitative estimate of drug-likeness (QED) is 0.792. The first-order valence-corrected chi connectivity index (χ1v) is 6.78. The van der Waals surface area contributed by atoms with Gasteiger partial charge in [-0.1, -0.05) is 29.3 Å². The lowest BCUT2D eigenvalue weighted by atomic mass is 10.1. The summed E-state index contributed by atoms with van der Waals surface area (Å²) in [5.74, 6) is 0. The number of hydrogen-bond donors (Lipinski definition) is 2. The number of urea groups is 1. The van der Waals surface area contributed by atoms with Gasteiger partial charge in [0.25, 0.3) is 0 Å². The van der Waals surface area contributed by atoms with Crippen LogP contribution in [0.1, 0.15) is 24.9 Å². The third-order valence-electron chi connectivity index (χ3n) is 2.59. The van der Waals surface area contributed by atoms with E-state index >= 15 is 0 Å². The summed E-state index contributed by atoms with van der Waals surface area (Å²) in [6, 6.07) is 4.80. The summed E-state index contributed by atoms with van der Waals surface area (Å²) in [4.78, 5) is 11.6. The molecular weight excluding hydrogens is 287 g/mol. The molecule has 0 heterocycles. The SMILES string of the molecule is COCCCNC(=O)N[C@H](C)c1ccc(Cl)cc1Cl. The van der Waals surface area contributed by atoms with Gasteiger partial charge in [-0.2, -0.15) is 0 Å². The second-order valence-corrected chi connectivity index (χ2v) is 4.98. The Kier molecular flexibility index (Phi) is 6.99. The highest BCUT2D eigenvalue weighted by atomic mass is 35.5. The number of amides is 2. The van der Waals surface area contributed by atoms with Gasteiger partial charge in [-0.25, -0.2) is 4.79 Å². The molecule has 106 valence electrons. The summed E-state index contributed by atoms with van der Waals surface area (Å²) in [5, 5.41) is 6.68. The van der Waals surface area contributed by atoms with E-state index < -0.39 is 0 Å². The molecule has 0 radical (unpaired) electrons. The minimum atomic E-state index is -0.227. The Hall–Kier alpha value is -0.970. The van der Waals surface area contributed by atoms with Crippen LogP contribution in [0.5, 0.6) is 0 Å². The molecule has 1 aromatic carbocycles. The fraction of sp³-hybridized carbons (Fsp3) is 0.462. The summed E-state index contributed by atoms with van der Waals surface area (Å²) in [6.07, 6.45) is 0.778. The van der Waals surface area contributed by atoms with E-state index in [0.29, 0.717) is 23.2 Å². The number of carbonyl (C=O) groups excluding carboxylic acids is 1. The largest absolute Gasteiger partial charge is 0.385 e. The van der Waals surface area contributed by atoms with E-state index in [1.165, 1.54) is 0 Å². The maximum absolute atomic E-state index is 11.6. The fourth-order valence-electron chi connectivity index (χ4n) is 1.60. The summed E-state index contributed by atoms with van der Waals surface area (Å²) < 4.78 is 4.90. The lowest BCUT2D eigenvalue weighted by molar-refractivity contribution is 0.193. The molecule has 0 saturated carbocycles. The number of carbonyl (C=O) groups is 1. The fourth-order valence-corrected chi connectivity index (χ4v) is 2.17. The topological polar surface area (TPSA) is 50.4 Å². The van der Waals surface area contributed by atoms with Gasteiger partial charge >= 0.3 is 6.03 Å².